The number of anilines is 1. The molecule has 1 aromatic rings. The van der Waals surface area contributed by atoms with Crippen LogP contribution in [0.3, 0.4) is 0 Å². The van der Waals surface area contributed by atoms with Crippen LogP contribution in [0.2, 0.25) is 5.15 Å². The first kappa shape index (κ1) is 14.2. The Balaban J connectivity index is 3.09. The van der Waals surface area contributed by atoms with Crippen LogP contribution in [-0.4, -0.2) is 34.3 Å². The molecule has 0 unspecified atom stereocenters. The van der Waals surface area contributed by atoms with Gasteiger partial charge in [-0.2, -0.15) is 0 Å². The molecule has 1 aromatic heterocycles. The van der Waals surface area contributed by atoms with E-state index in [-0.39, 0.29) is 6.61 Å². The van der Waals surface area contributed by atoms with E-state index in [1.165, 1.54) is 0 Å². The number of rotatable bonds is 5. The first-order valence-corrected chi connectivity index (χ1v) is 6.23. The summed E-state index contributed by atoms with van der Waals surface area (Å²) in [5.41, 5.74) is 0.893. The number of halogens is 1. The van der Waals surface area contributed by atoms with E-state index in [2.05, 4.69) is 28.7 Å². The van der Waals surface area contributed by atoms with Crippen LogP contribution in [0.15, 0.2) is 0 Å². The highest BCUT2D eigenvalue weighted by molar-refractivity contribution is 6.30. The van der Waals surface area contributed by atoms with Crippen LogP contribution in [0.25, 0.3) is 0 Å². The number of aliphatic hydroxyl groups is 1. The highest BCUT2D eigenvalue weighted by atomic mass is 35.5. The molecule has 17 heavy (non-hydrogen) atoms. The van der Waals surface area contributed by atoms with Gasteiger partial charge in [-0.15, -0.1) is 0 Å². The van der Waals surface area contributed by atoms with E-state index in [9.17, 15) is 0 Å². The third-order valence-corrected chi connectivity index (χ3v) is 2.99. The molecular formula is C12H20ClN3O. The zero-order valence-corrected chi connectivity index (χ0v) is 11.6. The van der Waals surface area contributed by atoms with Crippen molar-refractivity contribution in [1.29, 1.82) is 0 Å². The van der Waals surface area contributed by atoms with E-state index in [0.717, 1.165) is 24.3 Å². The van der Waals surface area contributed by atoms with Crippen LogP contribution in [0.4, 0.5) is 5.82 Å². The van der Waals surface area contributed by atoms with Crippen LogP contribution in [0, 0.1) is 13.8 Å². The maximum absolute atomic E-state index is 8.94. The lowest BCUT2D eigenvalue weighted by Gasteiger charge is -2.29. The Hall–Kier alpha value is -0.870. The number of nitrogens with zero attached hydrogens (tertiary/aromatic N) is 3. The van der Waals surface area contributed by atoms with E-state index >= 15 is 0 Å². The quantitative estimate of drug-likeness (QED) is 0.823. The molecule has 4 nitrogen and oxygen atoms in total. The van der Waals surface area contributed by atoms with Crippen LogP contribution < -0.4 is 4.90 Å². The summed E-state index contributed by atoms with van der Waals surface area (Å²) in [6.45, 7) is 8.90. The summed E-state index contributed by atoms with van der Waals surface area (Å²) in [5, 5.41) is 9.44. The highest BCUT2D eigenvalue weighted by Gasteiger charge is 2.17. The fourth-order valence-electron chi connectivity index (χ4n) is 1.71. The van der Waals surface area contributed by atoms with Gasteiger partial charge >= 0.3 is 0 Å². The summed E-state index contributed by atoms with van der Waals surface area (Å²) in [5.74, 6) is 1.54. The van der Waals surface area contributed by atoms with Gasteiger partial charge in [0.15, 0.2) is 0 Å². The summed E-state index contributed by atoms with van der Waals surface area (Å²) < 4.78 is 0. The minimum atomic E-state index is 0.181. The highest BCUT2D eigenvalue weighted by Crippen LogP contribution is 2.24. The van der Waals surface area contributed by atoms with Gasteiger partial charge in [0.1, 0.15) is 16.8 Å². The van der Waals surface area contributed by atoms with Crippen LogP contribution in [0.1, 0.15) is 31.7 Å². The molecule has 0 saturated carbocycles. The molecule has 0 amide bonds. The summed E-state index contributed by atoms with van der Waals surface area (Å²) >= 11 is 6.07. The molecule has 0 fully saturated rings. The molecule has 1 heterocycles. The standard InChI is InChI=1S/C12H20ClN3O/c1-8(2)16(6-5-7-17)12-9(3)11(13)14-10(4)15-12/h8,17H,5-7H2,1-4H3. The van der Waals surface area contributed by atoms with Gasteiger partial charge in [0.25, 0.3) is 0 Å². The average molecular weight is 258 g/mol. The Kier molecular flexibility index (Phi) is 5.15. The maximum Gasteiger partial charge on any atom is 0.137 e. The molecule has 1 rings (SSSR count). The average Bonchev–Trinajstić information content (AvgIpc) is 2.24. The number of hydrogen-bond donors (Lipinski definition) is 1. The van der Waals surface area contributed by atoms with Gasteiger partial charge in [-0.05, 0) is 34.1 Å². The molecule has 5 heteroatoms. The Bertz CT molecular complexity index is 382. The second-order valence-electron chi connectivity index (χ2n) is 4.37. The van der Waals surface area contributed by atoms with Crippen molar-refractivity contribution in [2.75, 3.05) is 18.1 Å². The monoisotopic (exact) mass is 257 g/mol. The van der Waals surface area contributed by atoms with Crippen LogP contribution in [0.5, 0.6) is 0 Å². The van der Waals surface area contributed by atoms with E-state index in [1.54, 1.807) is 0 Å². The van der Waals surface area contributed by atoms with Crippen molar-refractivity contribution in [2.24, 2.45) is 0 Å². The Morgan fingerprint density at radius 2 is 1.94 bits per heavy atom. The minimum Gasteiger partial charge on any atom is -0.396 e. The van der Waals surface area contributed by atoms with E-state index in [0.29, 0.717) is 17.0 Å². The Morgan fingerprint density at radius 1 is 1.29 bits per heavy atom. The summed E-state index contributed by atoms with van der Waals surface area (Å²) in [7, 11) is 0. The van der Waals surface area contributed by atoms with Gasteiger partial charge in [-0.3, -0.25) is 0 Å². The third kappa shape index (κ3) is 3.54. The van der Waals surface area contributed by atoms with Crippen molar-refractivity contribution >= 4 is 17.4 Å². The predicted octanol–water partition coefficient (Wildman–Crippen LogP) is 2.34. The van der Waals surface area contributed by atoms with Gasteiger partial charge in [0.2, 0.25) is 0 Å². The molecule has 0 spiro atoms. The number of hydrogen-bond acceptors (Lipinski definition) is 4. The molecule has 0 radical (unpaired) electrons. The Morgan fingerprint density at radius 3 is 2.47 bits per heavy atom. The maximum atomic E-state index is 8.94. The van der Waals surface area contributed by atoms with Gasteiger partial charge in [0, 0.05) is 24.8 Å². The molecule has 0 bridgehead atoms. The number of aliphatic hydroxyl groups excluding tert-OH is 1. The molecule has 0 atom stereocenters. The molecule has 0 saturated heterocycles. The lowest BCUT2D eigenvalue weighted by Crippen LogP contribution is -2.34. The lowest BCUT2D eigenvalue weighted by atomic mass is 10.2. The largest absolute Gasteiger partial charge is 0.396 e. The fourth-order valence-corrected chi connectivity index (χ4v) is 1.92. The second-order valence-corrected chi connectivity index (χ2v) is 4.73. The molecule has 96 valence electrons. The molecular weight excluding hydrogens is 238 g/mol. The first-order valence-electron chi connectivity index (χ1n) is 5.85. The van der Waals surface area contributed by atoms with Gasteiger partial charge in [-0.25, -0.2) is 9.97 Å². The topological polar surface area (TPSA) is 49.2 Å². The third-order valence-electron chi connectivity index (χ3n) is 2.63. The summed E-state index contributed by atoms with van der Waals surface area (Å²) in [6.07, 6.45) is 0.721. The number of aromatic nitrogens is 2. The van der Waals surface area contributed by atoms with Gasteiger partial charge in [-0.1, -0.05) is 11.6 Å². The predicted molar refractivity (Wildman–Crippen MR) is 70.7 cm³/mol. The first-order chi connectivity index (χ1) is 7.97. The van der Waals surface area contributed by atoms with Crippen LogP contribution in [-0.2, 0) is 0 Å². The van der Waals surface area contributed by atoms with Gasteiger partial charge < -0.3 is 10.0 Å². The van der Waals surface area contributed by atoms with Crippen molar-refractivity contribution < 1.29 is 5.11 Å². The summed E-state index contributed by atoms with van der Waals surface area (Å²) in [4.78, 5) is 10.7. The molecule has 1 N–H and O–H groups in total. The van der Waals surface area contributed by atoms with Crippen molar-refractivity contribution in [3.8, 4) is 0 Å². The molecule has 0 aliphatic heterocycles. The van der Waals surface area contributed by atoms with E-state index in [4.69, 9.17) is 16.7 Å². The zero-order valence-electron chi connectivity index (χ0n) is 10.9. The van der Waals surface area contributed by atoms with Crippen molar-refractivity contribution in [1.82, 2.24) is 9.97 Å². The van der Waals surface area contributed by atoms with Crippen molar-refractivity contribution in [2.45, 2.75) is 40.2 Å². The number of aryl methyl sites for hydroxylation is 1. The smallest absolute Gasteiger partial charge is 0.137 e. The van der Waals surface area contributed by atoms with Gasteiger partial charge in [0.05, 0.1) is 0 Å². The Labute approximate surface area is 108 Å². The molecule has 0 aliphatic carbocycles. The van der Waals surface area contributed by atoms with Crippen LogP contribution >= 0.6 is 11.6 Å². The lowest BCUT2D eigenvalue weighted by molar-refractivity contribution is 0.288. The SMILES string of the molecule is Cc1nc(Cl)c(C)c(N(CCCO)C(C)C)n1. The zero-order chi connectivity index (χ0) is 13.0. The van der Waals surface area contributed by atoms with E-state index in [1.807, 2.05) is 13.8 Å². The second kappa shape index (κ2) is 6.17. The normalized spacial score (nSPS) is 11.0. The molecule has 0 aliphatic rings. The fraction of sp³-hybridized carbons (Fsp3) is 0.667. The minimum absolute atomic E-state index is 0.181. The van der Waals surface area contributed by atoms with E-state index < -0.39 is 0 Å². The molecule has 0 aromatic carbocycles. The van der Waals surface area contributed by atoms with Crippen molar-refractivity contribution in [3.63, 3.8) is 0 Å². The summed E-state index contributed by atoms with van der Waals surface area (Å²) in [6, 6.07) is 0.311. The van der Waals surface area contributed by atoms with Crippen molar-refractivity contribution in [3.05, 3.63) is 16.5 Å².